The number of esters is 1. The van der Waals surface area contributed by atoms with Crippen LogP contribution in [0.15, 0.2) is 18.3 Å². The van der Waals surface area contributed by atoms with E-state index >= 15 is 0 Å². The van der Waals surface area contributed by atoms with Crippen molar-refractivity contribution >= 4 is 21.9 Å². The summed E-state index contributed by atoms with van der Waals surface area (Å²) in [6.07, 6.45) is 2.40. The van der Waals surface area contributed by atoms with Crippen LogP contribution in [-0.4, -0.2) is 23.4 Å². The van der Waals surface area contributed by atoms with Gasteiger partial charge in [0, 0.05) is 17.9 Å². The maximum atomic E-state index is 11.2. The van der Waals surface area contributed by atoms with Gasteiger partial charge in [-0.2, -0.15) is 0 Å². The predicted octanol–water partition coefficient (Wildman–Crippen LogP) is 1.81. The van der Waals surface area contributed by atoms with Crippen molar-refractivity contribution in [2.24, 2.45) is 0 Å². The van der Waals surface area contributed by atoms with E-state index < -0.39 is 0 Å². The molecule has 70 valence electrons. The molecule has 0 aliphatic heterocycles. The van der Waals surface area contributed by atoms with Crippen molar-refractivity contribution < 1.29 is 9.53 Å². The number of hydrogen-bond acceptors (Lipinski definition) is 3. The molecule has 0 spiro atoms. The summed E-state index contributed by atoms with van der Waals surface area (Å²) in [7, 11) is 1.37. The zero-order valence-electron chi connectivity index (χ0n) is 7.29. The molecule has 0 saturated heterocycles. The van der Waals surface area contributed by atoms with Gasteiger partial charge in [-0.05, 0) is 12.1 Å². The molecule has 1 heterocycles. The number of aryl methyl sites for hydroxylation is 1. The van der Waals surface area contributed by atoms with E-state index in [9.17, 15) is 4.79 Å². The molecule has 0 bridgehead atoms. The molecule has 0 atom stereocenters. The van der Waals surface area contributed by atoms with Gasteiger partial charge in [-0.1, -0.05) is 15.9 Å². The molecular weight excluding hydrogens is 234 g/mol. The molecule has 1 aromatic heterocycles. The smallest absolute Gasteiger partial charge is 0.339 e. The number of methoxy groups -OCH3 is 1. The third kappa shape index (κ3) is 2.52. The summed E-state index contributed by atoms with van der Waals surface area (Å²) in [5, 5.41) is 0.786. The highest BCUT2D eigenvalue weighted by molar-refractivity contribution is 9.09. The van der Waals surface area contributed by atoms with Crippen molar-refractivity contribution in [2.75, 3.05) is 12.4 Å². The van der Waals surface area contributed by atoms with Gasteiger partial charge in [0.05, 0.1) is 18.4 Å². The molecule has 13 heavy (non-hydrogen) atoms. The second-order valence-electron chi connectivity index (χ2n) is 2.43. The normalized spacial score (nSPS) is 9.69. The van der Waals surface area contributed by atoms with Crippen LogP contribution in [-0.2, 0) is 11.2 Å². The summed E-state index contributed by atoms with van der Waals surface area (Å²) >= 11 is 3.30. The van der Waals surface area contributed by atoms with Gasteiger partial charge < -0.3 is 4.74 Å². The third-order valence-corrected chi connectivity index (χ3v) is 2.02. The lowest BCUT2D eigenvalue weighted by atomic mass is 10.1. The molecule has 3 nitrogen and oxygen atoms in total. The number of pyridine rings is 1. The number of halogens is 1. The topological polar surface area (TPSA) is 39.2 Å². The Bertz CT molecular complexity index is 301. The van der Waals surface area contributed by atoms with Gasteiger partial charge >= 0.3 is 5.97 Å². The van der Waals surface area contributed by atoms with E-state index in [4.69, 9.17) is 0 Å². The van der Waals surface area contributed by atoms with Gasteiger partial charge in [0.25, 0.3) is 0 Å². The molecule has 0 amide bonds. The lowest BCUT2D eigenvalue weighted by molar-refractivity contribution is 0.0599. The number of rotatable bonds is 3. The minimum Gasteiger partial charge on any atom is -0.465 e. The van der Waals surface area contributed by atoms with E-state index in [2.05, 4.69) is 25.7 Å². The zero-order chi connectivity index (χ0) is 9.68. The van der Waals surface area contributed by atoms with Gasteiger partial charge in [0.15, 0.2) is 0 Å². The molecule has 0 radical (unpaired) electrons. The number of alkyl halides is 1. The first-order valence-electron chi connectivity index (χ1n) is 3.87. The quantitative estimate of drug-likeness (QED) is 0.601. The molecule has 0 unspecified atom stereocenters. The molecule has 1 aromatic rings. The predicted molar refractivity (Wildman–Crippen MR) is 53.1 cm³/mol. The van der Waals surface area contributed by atoms with Crippen LogP contribution in [0.5, 0.6) is 0 Å². The largest absolute Gasteiger partial charge is 0.465 e. The number of carbonyl (C=O) groups is 1. The minimum absolute atomic E-state index is 0.330. The van der Waals surface area contributed by atoms with Crippen LogP contribution in [0.4, 0.5) is 0 Å². The number of nitrogens with zero attached hydrogens (tertiary/aromatic N) is 1. The summed E-state index contributed by atoms with van der Waals surface area (Å²) in [6, 6.07) is 3.45. The van der Waals surface area contributed by atoms with Crippen molar-refractivity contribution in [3.05, 3.63) is 29.6 Å². The highest BCUT2D eigenvalue weighted by Gasteiger charge is 2.10. The monoisotopic (exact) mass is 243 g/mol. The Kier molecular flexibility index (Phi) is 3.89. The molecule has 1 rings (SSSR count). The Morgan fingerprint density at radius 2 is 2.46 bits per heavy atom. The van der Waals surface area contributed by atoms with Crippen molar-refractivity contribution in [1.29, 1.82) is 0 Å². The van der Waals surface area contributed by atoms with Crippen molar-refractivity contribution in [2.45, 2.75) is 6.42 Å². The number of aromatic nitrogens is 1. The van der Waals surface area contributed by atoms with Crippen LogP contribution in [0, 0.1) is 0 Å². The van der Waals surface area contributed by atoms with Crippen LogP contribution in [0.3, 0.4) is 0 Å². The standard InChI is InChI=1S/C9H10BrNO2/c1-13-9(12)7-3-2-6-11-8(7)4-5-10/h2-3,6H,4-5H2,1H3. The first kappa shape index (κ1) is 10.2. The van der Waals surface area contributed by atoms with Gasteiger partial charge in [0.1, 0.15) is 0 Å². The molecule has 0 aliphatic rings. The fourth-order valence-corrected chi connectivity index (χ4v) is 1.40. The van der Waals surface area contributed by atoms with Crippen molar-refractivity contribution in [3.63, 3.8) is 0 Å². The highest BCUT2D eigenvalue weighted by Crippen LogP contribution is 2.08. The summed E-state index contributed by atoms with van der Waals surface area (Å²) in [5.41, 5.74) is 1.32. The van der Waals surface area contributed by atoms with Crippen LogP contribution < -0.4 is 0 Å². The van der Waals surface area contributed by atoms with E-state index in [0.717, 1.165) is 17.4 Å². The van der Waals surface area contributed by atoms with E-state index in [1.54, 1.807) is 18.3 Å². The Morgan fingerprint density at radius 3 is 3.08 bits per heavy atom. The first-order chi connectivity index (χ1) is 6.29. The van der Waals surface area contributed by atoms with Crippen molar-refractivity contribution in [3.8, 4) is 0 Å². The fourth-order valence-electron chi connectivity index (χ4n) is 1.02. The zero-order valence-corrected chi connectivity index (χ0v) is 8.87. The second kappa shape index (κ2) is 4.97. The Morgan fingerprint density at radius 1 is 1.69 bits per heavy atom. The van der Waals surface area contributed by atoms with Gasteiger partial charge in [0.2, 0.25) is 0 Å². The van der Waals surface area contributed by atoms with E-state index in [-0.39, 0.29) is 5.97 Å². The Hall–Kier alpha value is -0.900. The average molecular weight is 244 g/mol. The number of hydrogen-bond donors (Lipinski definition) is 0. The maximum Gasteiger partial charge on any atom is 0.339 e. The minimum atomic E-state index is -0.330. The van der Waals surface area contributed by atoms with E-state index in [0.29, 0.717) is 5.56 Å². The maximum absolute atomic E-state index is 11.2. The lowest BCUT2D eigenvalue weighted by Crippen LogP contribution is -2.07. The van der Waals surface area contributed by atoms with Crippen LogP contribution in [0.2, 0.25) is 0 Å². The van der Waals surface area contributed by atoms with Crippen molar-refractivity contribution in [1.82, 2.24) is 4.98 Å². The number of ether oxygens (including phenoxy) is 1. The molecule has 0 N–H and O–H groups in total. The summed E-state index contributed by atoms with van der Waals surface area (Å²) in [5.74, 6) is -0.330. The molecule has 4 heteroatoms. The van der Waals surface area contributed by atoms with E-state index in [1.807, 2.05) is 0 Å². The number of carbonyl (C=O) groups excluding carboxylic acids is 1. The Balaban J connectivity index is 2.97. The second-order valence-corrected chi connectivity index (χ2v) is 3.22. The van der Waals surface area contributed by atoms with E-state index in [1.165, 1.54) is 7.11 Å². The highest BCUT2D eigenvalue weighted by atomic mass is 79.9. The fraction of sp³-hybridized carbons (Fsp3) is 0.333. The van der Waals surface area contributed by atoms with Gasteiger partial charge in [-0.3, -0.25) is 4.98 Å². The molecule has 0 saturated carbocycles. The molecule has 0 fully saturated rings. The first-order valence-corrected chi connectivity index (χ1v) is 5.00. The average Bonchev–Trinajstić information content (AvgIpc) is 2.18. The lowest BCUT2D eigenvalue weighted by Gasteiger charge is -2.03. The third-order valence-electron chi connectivity index (χ3n) is 1.63. The summed E-state index contributed by atoms with van der Waals surface area (Å²) < 4.78 is 4.63. The summed E-state index contributed by atoms with van der Waals surface area (Å²) in [6.45, 7) is 0. The van der Waals surface area contributed by atoms with Gasteiger partial charge in [-0.15, -0.1) is 0 Å². The van der Waals surface area contributed by atoms with Crippen LogP contribution in [0.1, 0.15) is 16.1 Å². The SMILES string of the molecule is COC(=O)c1cccnc1CCBr. The summed E-state index contributed by atoms with van der Waals surface area (Å²) in [4.78, 5) is 15.3. The molecule has 0 aromatic carbocycles. The van der Waals surface area contributed by atoms with Crippen LogP contribution in [0.25, 0.3) is 0 Å². The molecule has 0 aliphatic carbocycles. The van der Waals surface area contributed by atoms with Crippen LogP contribution >= 0.6 is 15.9 Å². The molecular formula is C9H10BrNO2. The Labute approximate surface area is 85.3 Å². The van der Waals surface area contributed by atoms with Gasteiger partial charge in [-0.25, -0.2) is 4.79 Å².